The predicted octanol–water partition coefficient (Wildman–Crippen LogP) is 5.75. The van der Waals surface area contributed by atoms with E-state index < -0.39 is 0 Å². The molecule has 0 radical (unpaired) electrons. The van der Waals surface area contributed by atoms with E-state index in [2.05, 4.69) is 15.6 Å². The fraction of sp³-hybridized carbons (Fsp3) is 0.138. The van der Waals surface area contributed by atoms with Gasteiger partial charge >= 0.3 is 0 Å². The monoisotopic (exact) mass is 465 g/mol. The quantitative estimate of drug-likeness (QED) is 0.347. The van der Waals surface area contributed by atoms with Gasteiger partial charge < -0.3 is 15.4 Å². The standard InChI is InChI=1S/C29H27N3O3/c1-20(33)30-28-10-6-9-23(31-28)14-11-21-12-15-24(16-13-21)32-29(34)27-19-25(35-2)17-18-26(27)22-7-4-3-5-8-22/h3-10,12-13,15-19H,11,14H2,1-2H3,(H,32,34)(H,30,31,33). The highest BCUT2D eigenvalue weighted by atomic mass is 16.5. The summed E-state index contributed by atoms with van der Waals surface area (Å²) in [6, 6.07) is 28.7. The molecule has 0 bridgehead atoms. The number of nitrogens with zero attached hydrogens (tertiary/aromatic N) is 1. The molecule has 0 aliphatic rings. The van der Waals surface area contributed by atoms with Crippen molar-refractivity contribution >= 4 is 23.3 Å². The lowest BCUT2D eigenvalue weighted by molar-refractivity contribution is -0.114. The average Bonchev–Trinajstić information content (AvgIpc) is 2.88. The van der Waals surface area contributed by atoms with E-state index in [4.69, 9.17) is 4.74 Å². The van der Waals surface area contributed by atoms with E-state index in [0.29, 0.717) is 22.8 Å². The van der Waals surface area contributed by atoms with Crippen LogP contribution in [0.5, 0.6) is 5.75 Å². The molecule has 4 rings (SSSR count). The molecule has 176 valence electrons. The zero-order valence-corrected chi connectivity index (χ0v) is 19.7. The Labute approximate surface area is 205 Å². The second-order valence-corrected chi connectivity index (χ2v) is 8.12. The normalized spacial score (nSPS) is 10.5. The molecular formula is C29H27N3O3. The van der Waals surface area contributed by atoms with Gasteiger partial charge in [0.25, 0.3) is 5.91 Å². The Morgan fingerprint density at radius 2 is 1.60 bits per heavy atom. The lowest BCUT2D eigenvalue weighted by Gasteiger charge is -2.13. The van der Waals surface area contributed by atoms with Crippen molar-refractivity contribution in [3.05, 3.63) is 108 Å². The van der Waals surface area contributed by atoms with Crippen molar-refractivity contribution in [1.29, 1.82) is 0 Å². The molecule has 0 saturated carbocycles. The van der Waals surface area contributed by atoms with Gasteiger partial charge in [0.15, 0.2) is 0 Å². The summed E-state index contributed by atoms with van der Waals surface area (Å²) < 4.78 is 5.35. The first kappa shape index (κ1) is 23.7. The molecule has 2 N–H and O–H groups in total. The highest BCUT2D eigenvalue weighted by Gasteiger charge is 2.15. The number of hydrogen-bond acceptors (Lipinski definition) is 4. The Morgan fingerprint density at radius 1 is 0.829 bits per heavy atom. The molecule has 6 heteroatoms. The van der Waals surface area contributed by atoms with Gasteiger partial charge in [-0.3, -0.25) is 9.59 Å². The number of amides is 2. The summed E-state index contributed by atoms with van der Waals surface area (Å²) in [7, 11) is 1.59. The number of benzene rings is 3. The van der Waals surface area contributed by atoms with Gasteiger partial charge in [-0.05, 0) is 72.0 Å². The molecule has 0 spiro atoms. The number of nitrogens with one attached hydrogen (secondary N) is 2. The molecule has 0 atom stereocenters. The number of hydrogen-bond donors (Lipinski definition) is 2. The second-order valence-electron chi connectivity index (χ2n) is 8.12. The summed E-state index contributed by atoms with van der Waals surface area (Å²) in [5.41, 5.74) is 5.10. The van der Waals surface area contributed by atoms with Crippen molar-refractivity contribution < 1.29 is 14.3 Å². The first-order valence-corrected chi connectivity index (χ1v) is 11.4. The molecular weight excluding hydrogens is 438 g/mol. The number of aryl methyl sites for hydroxylation is 2. The van der Waals surface area contributed by atoms with Crippen LogP contribution < -0.4 is 15.4 Å². The first-order chi connectivity index (χ1) is 17.0. The Hall–Kier alpha value is -4.45. The number of ether oxygens (including phenoxy) is 1. The summed E-state index contributed by atoms with van der Waals surface area (Å²) in [5.74, 6) is 0.841. The number of rotatable bonds is 8. The number of pyridine rings is 1. The molecule has 0 fully saturated rings. The minimum Gasteiger partial charge on any atom is -0.497 e. The van der Waals surface area contributed by atoms with Gasteiger partial charge in [0.2, 0.25) is 5.91 Å². The second kappa shape index (κ2) is 11.1. The Bertz CT molecular complexity index is 1320. The number of methoxy groups -OCH3 is 1. The van der Waals surface area contributed by atoms with Gasteiger partial charge in [-0.2, -0.15) is 0 Å². The van der Waals surface area contributed by atoms with Crippen molar-refractivity contribution in [3.8, 4) is 16.9 Å². The van der Waals surface area contributed by atoms with Crippen LogP contribution in [0, 0.1) is 0 Å². The van der Waals surface area contributed by atoms with E-state index in [1.54, 1.807) is 19.2 Å². The summed E-state index contributed by atoms with van der Waals surface area (Å²) in [6.45, 7) is 1.46. The lowest BCUT2D eigenvalue weighted by Crippen LogP contribution is -2.13. The highest BCUT2D eigenvalue weighted by Crippen LogP contribution is 2.28. The predicted molar refractivity (Wildman–Crippen MR) is 139 cm³/mol. The van der Waals surface area contributed by atoms with E-state index in [1.807, 2.05) is 78.9 Å². The van der Waals surface area contributed by atoms with Crippen molar-refractivity contribution in [2.45, 2.75) is 19.8 Å². The number of carbonyl (C=O) groups excluding carboxylic acids is 2. The zero-order chi connectivity index (χ0) is 24.6. The van der Waals surface area contributed by atoms with Crippen LogP contribution in [0.1, 0.15) is 28.5 Å². The van der Waals surface area contributed by atoms with Gasteiger partial charge in [0.1, 0.15) is 11.6 Å². The fourth-order valence-corrected chi connectivity index (χ4v) is 3.80. The third kappa shape index (κ3) is 6.32. The van der Waals surface area contributed by atoms with E-state index in [9.17, 15) is 9.59 Å². The fourth-order valence-electron chi connectivity index (χ4n) is 3.80. The molecule has 0 saturated heterocycles. The van der Waals surface area contributed by atoms with E-state index >= 15 is 0 Å². The molecule has 1 heterocycles. The minimum atomic E-state index is -0.200. The number of anilines is 2. The van der Waals surface area contributed by atoms with Crippen LogP contribution in [0.15, 0.2) is 91.0 Å². The van der Waals surface area contributed by atoms with Crippen LogP contribution in [0.25, 0.3) is 11.1 Å². The molecule has 3 aromatic carbocycles. The zero-order valence-electron chi connectivity index (χ0n) is 19.7. The molecule has 0 aliphatic carbocycles. The van der Waals surface area contributed by atoms with Crippen molar-refractivity contribution in [1.82, 2.24) is 4.98 Å². The van der Waals surface area contributed by atoms with Crippen LogP contribution in [0.2, 0.25) is 0 Å². The van der Waals surface area contributed by atoms with Gasteiger partial charge in [-0.15, -0.1) is 0 Å². The molecule has 35 heavy (non-hydrogen) atoms. The number of carbonyl (C=O) groups is 2. The first-order valence-electron chi connectivity index (χ1n) is 11.4. The molecule has 0 unspecified atom stereocenters. The molecule has 0 aliphatic heterocycles. The third-order valence-corrected chi connectivity index (χ3v) is 5.55. The van der Waals surface area contributed by atoms with Crippen LogP contribution in [-0.2, 0) is 17.6 Å². The minimum absolute atomic E-state index is 0.142. The summed E-state index contributed by atoms with van der Waals surface area (Å²) in [4.78, 5) is 28.9. The Morgan fingerprint density at radius 3 is 2.31 bits per heavy atom. The molecule has 2 amide bonds. The topological polar surface area (TPSA) is 80.3 Å². The summed E-state index contributed by atoms with van der Waals surface area (Å²) in [6.07, 6.45) is 1.53. The van der Waals surface area contributed by atoms with E-state index in [1.165, 1.54) is 6.92 Å². The van der Waals surface area contributed by atoms with Crippen LogP contribution in [0.4, 0.5) is 11.5 Å². The smallest absolute Gasteiger partial charge is 0.256 e. The van der Waals surface area contributed by atoms with E-state index in [0.717, 1.165) is 35.2 Å². The summed E-state index contributed by atoms with van der Waals surface area (Å²) >= 11 is 0. The SMILES string of the molecule is COc1ccc(-c2ccccc2)c(C(=O)Nc2ccc(CCc3cccc(NC(C)=O)n3)cc2)c1. The van der Waals surface area contributed by atoms with Crippen molar-refractivity contribution in [3.63, 3.8) is 0 Å². The van der Waals surface area contributed by atoms with Crippen LogP contribution >= 0.6 is 0 Å². The van der Waals surface area contributed by atoms with Gasteiger partial charge in [0, 0.05) is 18.3 Å². The Balaban J connectivity index is 1.44. The largest absolute Gasteiger partial charge is 0.497 e. The average molecular weight is 466 g/mol. The van der Waals surface area contributed by atoms with Gasteiger partial charge in [-0.25, -0.2) is 4.98 Å². The molecule has 6 nitrogen and oxygen atoms in total. The number of aromatic nitrogens is 1. The Kier molecular flexibility index (Phi) is 7.53. The van der Waals surface area contributed by atoms with Crippen molar-refractivity contribution in [2.24, 2.45) is 0 Å². The summed E-state index contributed by atoms with van der Waals surface area (Å²) in [5, 5.41) is 5.71. The molecule has 4 aromatic rings. The maximum Gasteiger partial charge on any atom is 0.256 e. The van der Waals surface area contributed by atoms with E-state index in [-0.39, 0.29) is 11.8 Å². The van der Waals surface area contributed by atoms with Crippen LogP contribution in [0.3, 0.4) is 0 Å². The molecule has 1 aromatic heterocycles. The van der Waals surface area contributed by atoms with Gasteiger partial charge in [0.05, 0.1) is 12.7 Å². The maximum atomic E-state index is 13.2. The lowest BCUT2D eigenvalue weighted by atomic mass is 9.98. The van der Waals surface area contributed by atoms with Crippen molar-refractivity contribution in [2.75, 3.05) is 17.7 Å². The van der Waals surface area contributed by atoms with Crippen LogP contribution in [-0.4, -0.2) is 23.9 Å². The van der Waals surface area contributed by atoms with Gasteiger partial charge in [-0.1, -0.05) is 48.5 Å². The highest BCUT2D eigenvalue weighted by molar-refractivity contribution is 6.09. The third-order valence-electron chi connectivity index (χ3n) is 5.55. The maximum absolute atomic E-state index is 13.2.